The lowest BCUT2D eigenvalue weighted by molar-refractivity contribution is -0.145. The zero-order valence-corrected chi connectivity index (χ0v) is 9.91. The molecule has 2 fully saturated rings. The number of piperazine rings is 1. The Balaban J connectivity index is 1.93. The van der Waals surface area contributed by atoms with Crippen molar-refractivity contribution in [1.82, 2.24) is 15.1 Å². The Morgan fingerprint density at radius 3 is 2.56 bits per heavy atom. The Bertz CT molecular complexity index is 256. The first kappa shape index (κ1) is 11.8. The van der Waals surface area contributed by atoms with Crippen LogP contribution >= 0.6 is 0 Å². The summed E-state index contributed by atoms with van der Waals surface area (Å²) in [5, 5.41) is 12.5. The average molecular weight is 227 g/mol. The van der Waals surface area contributed by atoms with Gasteiger partial charge in [-0.15, -0.1) is 0 Å². The van der Waals surface area contributed by atoms with Gasteiger partial charge in [-0.1, -0.05) is 0 Å². The van der Waals surface area contributed by atoms with Crippen molar-refractivity contribution in [3.63, 3.8) is 0 Å². The quantitative estimate of drug-likeness (QED) is 0.677. The Hall–Kier alpha value is -0.650. The number of aliphatic carboxylic acids is 1. The van der Waals surface area contributed by atoms with E-state index in [0.29, 0.717) is 6.54 Å². The molecular weight excluding hydrogens is 206 g/mol. The van der Waals surface area contributed by atoms with Crippen molar-refractivity contribution in [2.75, 3.05) is 46.3 Å². The van der Waals surface area contributed by atoms with Crippen LogP contribution in [0, 0.1) is 0 Å². The summed E-state index contributed by atoms with van der Waals surface area (Å²) in [6.07, 6.45) is 1.73. The lowest BCUT2D eigenvalue weighted by atomic mass is 9.96. The van der Waals surface area contributed by atoms with E-state index in [1.807, 2.05) is 0 Å². The number of carboxylic acids is 1. The highest BCUT2D eigenvalue weighted by Crippen LogP contribution is 2.21. The lowest BCUT2D eigenvalue weighted by Crippen LogP contribution is -2.58. The van der Waals surface area contributed by atoms with Crippen LogP contribution in [-0.2, 0) is 4.79 Å². The Morgan fingerprint density at radius 2 is 2.06 bits per heavy atom. The van der Waals surface area contributed by atoms with Gasteiger partial charge in [0.05, 0.1) is 0 Å². The van der Waals surface area contributed by atoms with Gasteiger partial charge < -0.3 is 15.3 Å². The van der Waals surface area contributed by atoms with E-state index < -0.39 is 11.5 Å². The van der Waals surface area contributed by atoms with Crippen molar-refractivity contribution >= 4 is 5.97 Å². The summed E-state index contributed by atoms with van der Waals surface area (Å²) in [5.41, 5.74) is -0.685. The zero-order chi connectivity index (χ0) is 11.6. The topological polar surface area (TPSA) is 55.8 Å². The molecule has 2 aliphatic rings. The van der Waals surface area contributed by atoms with Crippen molar-refractivity contribution in [3.05, 3.63) is 0 Å². The normalized spacial score (nSPS) is 33.1. The van der Waals surface area contributed by atoms with Gasteiger partial charge >= 0.3 is 5.97 Å². The van der Waals surface area contributed by atoms with E-state index in [-0.39, 0.29) is 0 Å². The predicted molar refractivity (Wildman–Crippen MR) is 61.5 cm³/mol. The summed E-state index contributed by atoms with van der Waals surface area (Å²) in [7, 11) is 2.11. The van der Waals surface area contributed by atoms with Gasteiger partial charge in [-0.2, -0.15) is 0 Å². The first-order chi connectivity index (χ1) is 7.62. The maximum atomic E-state index is 11.4. The third-order valence-corrected chi connectivity index (χ3v) is 3.74. The number of carbonyl (C=O) groups is 1. The lowest BCUT2D eigenvalue weighted by Gasteiger charge is -2.37. The van der Waals surface area contributed by atoms with Crippen LogP contribution in [0.25, 0.3) is 0 Å². The van der Waals surface area contributed by atoms with E-state index in [9.17, 15) is 9.90 Å². The molecule has 1 atom stereocenters. The molecule has 0 aromatic rings. The molecule has 2 rings (SSSR count). The minimum Gasteiger partial charge on any atom is -0.480 e. The molecule has 2 aliphatic heterocycles. The molecule has 2 heterocycles. The van der Waals surface area contributed by atoms with Crippen LogP contribution in [0.5, 0.6) is 0 Å². The highest BCUT2D eigenvalue weighted by Gasteiger charge is 2.42. The molecule has 16 heavy (non-hydrogen) atoms. The van der Waals surface area contributed by atoms with E-state index in [0.717, 1.165) is 45.6 Å². The highest BCUT2D eigenvalue weighted by atomic mass is 16.4. The fraction of sp³-hybridized carbons (Fsp3) is 0.909. The number of carboxylic acid groups (broad SMARTS) is 1. The summed E-state index contributed by atoms with van der Waals surface area (Å²) in [5.74, 6) is -0.691. The van der Waals surface area contributed by atoms with Gasteiger partial charge in [-0.05, 0) is 26.4 Å². The maximum Gasteiger partial charge on any atom is 0.325 e. The second kappa shape index (κ2) is 4.69. The Labute approximate surface area is 96.4 Å². The largest absolute Gasteiger partial charge is 0.480 e. The third kappa shape index (κ3) is 2.36. The van der Waals surface area contributed by atoms with Crippen molar-refractivity contribution < 1.29 is 9.90 Å². The van der Waals surface area contributed by atoms with Crippen LogP contribution in [0.15, 0.2) is 0 Å². The molecular formula is C11H21N3O2. The van der Waals surface area contributed by atoms with Gasteiger partial charge in [0, 0.05) is 32.7 Å². The molecule has 0 aromatic heterocycles. The average Bonchev–Trinajstić information content (AvgIpc) is 2.71. The van der Waals surface area contributed by atoms with Crippen LogP contribution < -0.4 is 5.32 Å². The zero-order valence-electron chi connectivity index (χ0n) is 9.91. The van der Waals surface area contributed by atoms with Crippen LogP contribution in [-0.4, -0.2) is 72.7 Å². The molecule has 1 unspecified atom stereocenters. The Kier molecular flexibility index (Phi) is 3.47. The maximum absolute atomic E-state index is 11.4. The molecule has 0 radical (unpaired) electrons. The molecule has 0 aliphatic carbocycles. The summed E-state index contributed by atoms with van der Waals surface area (Å²) in [4.78, 5) is 15.9. The first-order valence-corrected chi connectivity index (χ1v) is 6.02. The van der Waals surface area contributed by atoms with E-state index in [4.69, 9.17) is 0 Å². The SMILES string of the molecule is CN1CCN(CC2(C(=O)O)CCCN2)CC1. The number of likely N-dealkylation sites (N-methyl/N-ethyl adjacent to an activating group) is 1. The molecule has 0 aromatic carbocycles. The van der Waals surface area contributed by atoms with E-state index in [2.05, 4.69) is 22.2 Å². The van der Waals surface area contributed by atoms with Gasteiger partial charge in [0.25, 0.3) is 0 Å². The second-order valence-electron chi connectivity index (χ2n) is 5.00. The van der Waals surface area contributed by atoms with Crippen molar-refractivity contribution in [1.29, 1.82) is 0 Å². The monoisotopic (exact) mass is 227 g/mol. The molecule has 0 bridgehead atoms. The van der Waals surface area contributed by atoms with Crippen molar-refractivity contribution in [2.24, 2.45) is 0 Å². The van der Waals surface area contributed by atoms with E-state index in [1.54, 1.807) is 0 Å². The minimum atomic E-state index is -0.691. The van der Waals surface area contributed by atoms with Crippen molar-refractivity contribution in [3.8, 4) is 0 Å². The molecule has 0 saturated carbocycles. The summed E-state index contributed by atoms with van der Waals surface area (Å²) in [6.45, 7) is 5.52. The smallest absolute Gasteiger partial charge is 0.325 e. The number of rotatable bonds is 3. The number of nitrogens with one attached hydrogen (secondary N) is 1. The summed E-state index contributed by atoms with van der Waals surface area (Å²) < 4.78 is 0. The molecule has 92 valence electrons. The fourth-order valence-electron chi connectivity index (χ4n) is 2.58. The molecule has 5 heteroatoms. The first-order valence-electron chi connectivity index (χ1n) is 6.02. The van der Waals surface area contributed by atoms with Gasteiger partial charge in [-0.25, -0.2) is 0 Å². The summed E-state index contributed by atoms with van der Waals surface area (Å²) >= 11 is 0. The van der Waals surface area contributed by atoms with Crippen LogP contribution in [0.3, 0.4) is 0 Å². The molecule has 2 saturated heterocycles. The molecule has 5 nitrogen and oxygen atoms in total. The van der Waals surface area contributed by atoms with E-state index >= 15 is 0 Å². The molecule has 0 spiro atoms. The highest BCUT2D eigenvalue weighted by molar-refractivity contribution is 5.79. The molecule has 0 amide bonds. The fourth-order valence-corrected chi connectivity index (χ4v) is 2.58. The Morgan fingerprint density at radius 1 is 1.38 bits per heavy atom. The summed E-state index contributed by atoms with van der Waals surface area (Å²) in [6, 6.07) is 0. The molecule has 2 N–H and O–H groups in total. The van der Waals surface area contributed by atoms with Gasteiger partial charge in [0.2, 0.25) is 0 Å². The van der Waals surface area contributed by atoms with Gasteiger partial charge in [0.15, 0.2) is 0 Å². The van der Waals surface area contributed by atoms with Crippen LogP contribution in [0.4, 0.5) is 0 Å². The third-order valence-electron chi connectivity index (χ3n) is 3.74. The van der Waals surface area contributed by atoms with Crippen molar-refractivity contribution in [2.45, 2.75) is 18.4 Å². The van der Waals surface area contributed by atoms with Crippen LogP contribution in [0.2, 0.25) is 0 Å². The second-order valence-corrected chi connectivity index (χ2v) is 5.00. The van der Waals surface area contributed by atoms with Gasteiger partial charge in [0.1, 0.15) is 5.54 Å². The van der Waals surface area contributed by atoms with Gasteiger partial charge in [-0.3, -0.25) is 9.69 Å². The van der Waals surface area contributed by atoms with E-state index in [1.165, 1.54) is 0 Å². The standard InChI is InChI=1S/C11H21N3O2/c1-13-5-7-14(8-6-13)9-11(10(15)16)3-2-4-12-11/h12H,2-9H2,1H3,(H,15,16). The van der Waals surface area contributed by atoms with Crippen LogP contribution in [0.1, 0.15) is 12.8 Å². The number of hydrogen-bond donors (Lipinski definition) is 2. The minimum absolute atomic E-state index is 0.649. The predicted octanol–water partition coefficient (Wildman–Crippen LogP) is -0.559. The number of nitrogens with zero attached hydrogens (tertiary/aromatic N) is 2. The number of hydrogen-bond acceptors (Lipinski definition) is 4.